The van der Waals surface area contributed by atoms with Crippen LogP contribution in [0.4, 0.5) is 5.82 Å². The number of hydrogen-bond donors (Lipinski definition) is 1. The van der Waals surface area contributed by atoms with Crippen LogP contribution in [0.15, 0.2) is 79.4 Å². The molecule has 2 N–H and O–H groups in total. The van der Waals surface area contributed by atoms with Crippen LogP contribution in [-0.2, 0) is 0 Å². The van der Waals surface area contributed by atoms with E-state index in [4.69, 9.17) is 17.3 Å². The van der Waals surface area contributed by atoms with Gasteiger partial charge in [0.15, 0.2) is 5.82 Å². The number of hydrogen-bond acceptors (Lipinski definition) is 5. The molecule has 0 aliphatic carbocycles. The molecule has 6 heteroatoms. The summed E-state index contributed by atoms with van der Waals surface area (Å²) in [6.45, 7) is 1.93. The standard InChI is InChI=1S/C9H9N3.C6H5Cl.C4H4N2/c1-6-7-4-2-3-5-8(7)9(10)12-11-6;7-6-4-2-1-3-5-6;1-2-5-4-6-3-1/h2-5H,1H3,(H2,10,12);1-5H;1-4H. The Kier molecular flexibility index (Phi) is 7.28. The highest BCUT2D eigenvalue weighted by molar-refractivity contribution is 6.30. The predicted molar refractivity (Wildman–Crippen MR) is 102 cm³/mol. The average molecular weight is 352 g/mol. The molecule has 0 spiro atoms. The lowest BCUT2D eigenvalue weighted by Gasteiger charge is -2.01. The first-order chi connectivity index (χ1) is 12.2. The molecule has 0 saturated carbocycles. The number of anilines is 1. The summed E-state index contributed by atoms with van der Waals surface area (Å²) in [5.41, 5.74) is 6.57. The van der Waals surface area contributed by atoms with E-state index in [1.165, 1.54) is 6.33 Å². The first-order valence-electron chi connectivity index (χ1n) is 7.56. The normalized spacial score (nSPS) is 9.36. The minimum Gasteiger partial charge on any atom is -0.382 e. The van der Waals surface area contributed by atoms with Crippen LogP contribution in [0.25, 0.3) is 10.8 Å². The molecule has 2 aromatic carbocycles. The van der Waals surface area contributed by atoms with Crippen LogP contribution in [0.1, 0.15) is 5.69 Å². The van der Waals surface area contributed by atoms with Gasteiger partial charge in [0.05, 0.1) is 5.69 Å². The fourth-order valence-corrected chi connectivity index (χ4v) is 2.07. The maximum Gasteiger partial charge on any atom is 0.153 e. The molecule has 0 bridgehead atoms. The van der Waals surface area contributed by atoms with Crippen molar-refractivity contribution in [1.82, 2.24) is 20.2 Å². The largest absolute Gasteiger partial charge is 0.382 e. The molecule has 0 unspecified atom stereocenters. The molecule has 2 aromatic heterocycles. The van der Waals surface area contributed by atoms with Crippen LogP contribution in [0.5, 0.6) is 0 Å². The summed E-state index contributed by atoms with van der Waals surface area (Å²) in [7, 11) is 0. The van der Waals surface area contributed by atoms with Gasteiger partial charge in [0.1, 0.15) is 6.33 Å². The summed E-state index contributed by atoms with van der Waals surface area (Å²) >= 11 is 5.54. The van der Waals surface area contributed by atoms with Crippen LogP contribution in [0.2, 0.25) is 5.02 Å². The van der Waals surface area contributed by atoms with Gasteiger partial charge in [0.2, 0.25) is 0 Å². The Morgan fingerprint density at radius 2 is 1.36 bits per heavy atom. The van der Waals surface area contributed by atoms with Crippen molar-refractivity contribution in [3.63, 3.8) is 0 Å². The summed E-state index contributed by atoms with van der Waals surface area (Å²) in [6, 6.07) is 19.1. The quantitative estimate of drug-likeness (QED) is 0.510. The Morgan fingerprint density at radius 1 is 0.760 bits per heavy atom. The van der Waals surface area contributed by atoms with E-state index in [9.17, 15) is 0 Å². The Hall–Kier alpha value is -3.05. The molecule has 4 rings (SSSR count). The zero-order valence-electron chi connectivity index (χ0n) is 13.7. The molecule has 0 fully saturated rings. The Labute approximate surface area is 151 Å². The third kappa shape index (κ3) is 6.16. The molecule has 0 aliphatic heterocycles. The maximum absolute atomic E-state index is 5.65. The molecule has 2 heterocycles. The molecule has 0 amide bonds. The second-order valence-electron chi connectivity index (χ2n) is 4.92. The molecule has 0 atom stereocenters. The number of benzene rings is 2. The Bertz CT molecular complexity index is 818. The summed E-state index contributed by atoms with van der Waals surface area (Å²) in [6.07, 6.45) is 4.88. The highest BCUT2D eigenvalue weighted by Gasteiger charge is 2.00. The van der Waals surface area contributed by atoms with Crippen molar-refractivity contribution in [2.75, 3.05) is 5.73 Å². The average Bonchev–Trinajstić information content (AvgIpc) is 2.68. The number of nitrogen functional groups attached to an aromatic ring is 1. The second-order valence-corrected chi connectivity index (χ2v) is 5.35. The number of nitrogens with zero attached hydrogens (tertiary/aromatic N) is 4. The van der Waals surface area contributed by atoms with Crippen molar-refractivity contribution >= 4 is 28.2 Å². The van der Waals surface area contributed by atoms with Crippen LogP contribution < -0.4 is 5.73 Å². The van der Waals surface area contributed by atoms with E-state index >= 15 is 0 Å². The Balaban J connectivity index is 0.000000148. The van der Waals surface area contributed by atoms with Gasteiger partial charge in [-0.2, -0.15) is 5.10 Å². The predicted octanol–water partition coefficient (Wildman–Crippen LogP) is 4.34. The molecule has 4 aromatic rings. The lowest BCUT2D eigenvalue weighted by molar-refractivity contribution is 1.01. The van der Waals surface area contributed by atoms with Crippen molar-refractivity contribution < 1.29 is 0 Å². The lowest BCUT2D eigenvalue weighted by atomic mass is 10.1. The van der Waals surface area contributed by atoms with E-state index in [-0.39, 0.29) is 0 Å². The maximum atomic E-state index is 5.65. The highest BCUT2D eigenvalue weighted by atomic mass is 35.5. The fourth-order valence-electron chi connectivity index (χ4n) is 1.93. The highest BCUT2D eigenvalue weighted by Crippen LogP contribution is 2.19. The number of fused-ring (bicyclic) bond motifs is 1. The van der Waals surface area contributed by atoms with Gasteiger partial charge >= 0.3 is 0 Å². The molecule has 0 aliphatic rings. The molecule has 126 valence electrons. The second kappa shape index (κ2) is 9.95. The summed E-state index contributed by atoms with van der Waals surface area (Å²) < 4.78 is 0. The molecule has 0 saturated heterocycles. The van der Waals surface area contributed by atoms with Gasteiger partial charge < -0.3 is 5.73 Å². The molecular weight excluding hydrogens is 334 g/mol. The number of nitrogens with two attached hydrogens (primary N) is 1. The minimum absolute atomic E-state index is 0.496. The molecular formula is C19H18ClN5. The van der Waals surface area contributed by atoms with Crippen molar-refractivity contribution in [3.05, 3.63) is 90.1 Å². The third-order valence-corrected chi connectivity index (χ3v) is 3.36. The first-order valence-corrected chi connectivity index (χ1v) is 7.94. The van der Waals surface area contributed by atoms with Gasteiger partial charge in [-0.3, -0.25) is 0 Å². The van der Waals surface area contributed by atoms with Crippen LogP contribution >= 0.6 is 11.6 Å². The van der Waals surface area contributed by atoms with Crippen molar-refractivity contribution in [3.8, 4) is 0 Å². The van der Waals surface area contributed by atoms with Crippen molar-refractivity contribution in [1.29, 1.82) is 0 Å². The van der Waals surface area contributed by atoms with Gasteiger partial charge in [0.25, 0.3) is 0 Å². The summed E-state index contributed by atoms with van der Waals surface area (Å²) in [5, 5.41) is 10.6. The van der Waals surface area contributed by atoms with E-state index in [2.05, 4.69) is 20.2 Å². The van der Waals surface area contributed by atoms with E-state index in [1.54, 1.807) is 18.5 Å². The summed E-state index contributed by atoms with van der Waals surface area (Å²) in [5.74, 6) is 0.496. The zero-order chi connectivity index (χ0) is 17.9. The van der Waals surface area contributed by atoms with Gasteiger partial charge in [-0.1, -0.05) is 54.1 Å². The van der Waals surface area contributed by atoms with Crippen molar-refractivity contribution in [2.24, 2.45) is 0 Å². The number of aryl methyl sites for hydroxylation is 1. The SMILES string of the molecule is Cc1nnc(N)c2ccccc12.Clc1ccccc1.c1cncnc1. The Morgan fingerprint density at radius 3 is 1.80 bits per heavy atom. The first kappa shape index (κ1) is 18.3. The molecule has 0 radical (unpaired) electrons. The zero-order valence-corrected chi connectivity index (χ0v) is 14.5. The number of aromatic nitrogens is 4. The molecule has 25 heavy (non-hydrogen) atoms. The van der Waals surface area contributed by atoms with Crippen LogP contribution in [0.3, 0.4) is 0 Å². The lowest BCUT2D eigenvalue weighted by Crippen LogP contribution is -1.96. The summed E-state index contributed by atoms with van der Waals surface area (Å²) in [4.78, 5) is 7.35. The van der Waals surface area contributed by atoms with E-state index in [0.717, 1.165) is 21.5 Å². The van der Waals surface area contributed by atoms with Gasteiger partial charge in [-0.05, 0) is 25.1 Å². The minimum atomic E-state index is 0.496. The number of halogens is 1. The number of rotatable bonds is 0. The van der Waals surface area contributed by atoms with Crippen LogP contribution in [0, 0.1) is 6.92 Å². The van der Waals surface area contributed by atoms with E-state index < -0.39 is 0 Å². The fraction of sp³-hybridized carbons (Fsp3) is 0.0526. The van der Waals surface area contributed by atoms with Gasteiger partial charge in [0, 0.05) is 28.2 Å². The topological polar surface area (TPSA) is 77.6 Å². The van der Waals surface area contributed by atoms with Gasteiger partial charge in [-0.25, -0.2) is 9.97 Å². The smallest absolute Gasteiger partial charge is 0.153 e. The van der Waals surface area contributed by atoms with Gasteiger partial charge in [-0.15, -0.1) is 5.10 Å². The molecule has 5 nitrogen and oxygen atoms in total. The van der Waals surface area contributed by atoms with Crippen molar-refractivity contribution in [2.45, 2.75) is 6.92 Å². The third-order valence-electron chi connectivity index (χ3n) is 3.11. The monoisotopic (exact) mass is 351 g/mol. The van der Waals surface area contributed by atoms with E-state index in [0.29, 0.717) is 5.82 Å². The van der Waals surface area contributed by atoms with Crippen LogP contribution in [-0.4, -0.2) is 20.2 Å². The van der Waals surface area contributed by atoms with E-state index in [1.807, 2.05) is 61.5 Å².